The SMILES string of the molecule is O=C(O)[C@H]1CC=CC[C@H]1C(=O)Nc1cncc(Br)c1. The molecule has 100 valence electrons. The Morgan fingerprint density at radius 2 is 1.95 bits per heavy atom. The molecule has 19 heavy (non-hydrogen) atoms. The van der Waals surface area contributed by atoms with Gasteiger partial charge in [-0.05, 0) is 34.8 Å². The fourth-order valence-corrected chi connectivity index (χ4v) is 2.46. The second-order valence-electron chi connectivity index (χ2n) is 4.38. The quantitative estimate of drug-likeness (QED) is 0.837. The van der Waals surface area contributed by atoms with Crippen LogP contribution < -0.4 is 5.32 Å². The third kappa shape index (κ3) is 3.41. The second-order valence-corrected chi connectivity index (χ2v) is 5.29. The lowest BCUT2D eigenvalue weighted by molar-refractivity contribution is -0.146. The minimum atomic E-state index is -0.933. The van der Waals surface area contributed by atoms with Crippen LogP contribution in [0.1, 0.15) is 12.8 Å². The van der Waals surface area contributed by atoms with Crippen molar-refractivity contribution in [2.45, 2.75) is 12.8 Å². The van der Waals surface area contributed by atoms with Crippen LogP contribution in [0.4, 0.5) is 5.69 Å². The molecule has 0 spiro atoms. The minimum absolute atomic E-state index is 0.281. The first kappa shape index (κ1) is 13.7. The number of amides is 1. The van der Waals surface area contributed by atoms with Crippen LogP contribution >= 0.6 is 15.9 Å². The summed E-state index contributed by atoms with van der Waals surface area (Å²) >= 11 is 3.26. The lowest BCUT2D eigenvalue weighted by atomic mass is 9.82. The number of aromatic nitrogens is 1. The lowest BCUT2D eigenvalue weighted by Crippen LogP contribution is -2.34. The summed E-state index contributed by atoms with van der Waals surface area (Å²) in [5.41, 5.74) is 0.554. The van der Waals surface area contributed by atoms with Gasteiger partial charge >= 0.3 is 5.97 Å². The highest BCUT2D eigenvalue weighted by molar-refractivity contribution is 9.10. The van der Waals surface area contributed by atoms with Gasteiger partial charge in [-0.15, -0.1) is 0 Å². The summed E-state index contributed by atoms with van der Waals surface area (Å²) in [4.78, 5) is 27.2. The van der Waals surface area contributed by atoms with E-state index in [0.29, 0.717) is 18.5 Å². The molecule has 2 rings (SSSR count). The molecule has 1 aromatic heterocycles. The number of carboxylic acid groups (broad SMARTS) is 1. The molecule has 2 N–H and O–H groups in total. The average Bonchev–Trinajstić information content (AvgIpc) is 2.38. The number of rotatable bonds is 3. The zero-order chi connectivity index (χ0) is 13.8. The number of carbonyl (C=O) groups is 2. The van der Waals surface area contributed by atoms with E-state index in [1.807, 2.05) is 12.2 Å². The van der Waals surface area contributed by atoms with E-state index in [1.54, 1.807) is 12.3 Å². The van der Waals surface area contributed by atoms with Crippen LogP contribution in [-0.2, 0) is 9.59 Å². The van der Waals surface area contributed by atoms with Crippen LogP contribution in [0.15, 0.2) is 35.1 Å². The molecule has 1 aliphatic carbocycles. The molecule has 0 radical (unpaired) electrons. The molecule has 1 amide bonds. The van der Waals surface area contributed by atoms with Gasteiger partial charge in [-0.3, -0.25) is 14.6 Å². The summed E-state index contributed by atoms with van der Waals surface area (Å²) in [6, 6.07) is 1.72. The molecule has 0 bridgehead atoms. The van der Waals surface area contributed by atoms with Gasteiger partial charge in [-0.1, -0.05) is 12.2 Å². The maximum atomic E-state index is 12.1. The van der Waals surface area contributed by atoms with Gasteiger partial charge in [0.15, 0.2) is 0 Å². The Kier molecular flexibility index (Phi) is 4.31. The van der Waals surface area contributed by atoms with Crippen LogP contribution in [0.2, 0.25) is 0 Å². The van der Waals surface area contributed by atoms with Crippen molar-refractivity contribution in [3.8, 4) is 0 Å². The monoisotopic (exact) mass is 324 g/mol. The largest absolute Gasteiger partial charge is 0.481 e. The Morgan fingerprint density at radius 3 is 2.58 bits per heavy atom. The third-order valence-electron chi connectivity index (χ3n) is 3.06. The van der Waals surface area contributed by atoms with Gasteiger partial charge in [-0.2, -0.15) is 0 Å². The van der Waals surface area contributed by atoms with E-state index >= 15 is 0 Å². The molecular weight excluding hydrogens is 312 g/mol. The predicted molar refractivity (Wildman–Crippen MR) is 73.6 cm³/mol. The molecular formula is C13H13BrN2O3. The predicted octanol–water partition coefficient (Wildman–Crippen LogP) is 2.45. The number of carboxylic acids is 1. The Morgan fingerprint density at radius 1 is 1.26 bits per heavy atom. The van der Waals surface area contributed by atoms with E-state index < -0.39 is 17.8 Å². The van der Waals surface area contributed by atoms with Crippen LogP contribution in [0.3, 0.4) is 0 Å². The van der Waals surface area contributed by atoms with Gasteiger partial charge in [0, 0.05) is 10.7 Å². The molecule has 1 aliphatic rings. The first-order valence-corrected chi connectivity index (χ1v) is 6.66. The van der Waals surface area contributed by atoms with Gasteiger partial charge in [0.05, 0.1) is 23.7 Å². The van der Waals surface area contributed by atoms with Crippen molar-refractivity contribution in [3.63, 3.8) is 0 Å². The van der Waals surface area contributed by atoms with Crippen LogP contribution in [0, 0.1) is 11.8 Å². The number of aliphatic carboxylic acids is 1. The maximum Gasteiger partial charge on any atom is 0.307 e. The lowest BCUT2D eigenvalue weighted by Gasteiger charge is -2.24. The van der Waals surface area contributed by atoms with E-state index in [9.17, 15) is 9.59 Å². The molecule has 5 nitrogen and oxygen atoms in total. The number of pyridine rings is 1. The molecule has 0 aromatic carbocycles. The molecule has 1 aromatic rings. The van der Waals surface area contributed by atoms with Crippen molar-refractivity contribution in [1.82, 2.24) is 4.98 Å². The number of halogens is 1. The summed E-state index contributed by atoms with van der Waals surface area (Å²) in [6.07, 6.45) is 7.64. The summed E-state index contributed by atoms with van der Waals surface area (Å²) in [5.74, 6) is -2.42. The van der Waals surface area contributed by atoms with Gasteiger partial charge in [0.1, 0.15) is 0 Å². The van der Waals surface area contributed by atoms with Crippen molar-refractivity contribution in [2.24, 2.45) is 11.8 Å². The number of allylic oxidation sites excluding steroid dienone is 2. The van der Waals surface area contributed by atoms with Crippen LogP contribution in [0.25, 0.3) is 0 Å². The number of nitrogens with zero attached hydrogens (tertiary/aromatic N) is 1. The normalized spacial score (nSPS) is 21.9. The Balaban J connectivity index is 2.10. The zero-order valence-corrected chi connectivity index (χ0v) is 11.6. The van der Waals surface area contributed by atoms with E-state index in [1.165, 1.54) is 6.20 Å². The highest BCUT2D eigenvalue weighted by atomic mass is 79.9. The van der Waals surface area contributed by atoms with Gasteiger partial charge < -0.3 is 10.4 Å². The van der Waals surface area contributed by atoms with Crippen molar-refractivity contribution >= 4 is 33.5 Å². The fraction of sp³-hybridized carbons (Fsp3) is 0.308. The number of nitrogens with one attached hydrogen (secondary N) is 1. The van der Waals surface area contributed by atoms with Gasteiger partial charge in [0.2, 0.25) is 5.91 Å². The molecule has 0 saturated carbocycles. The Bertz CT molecular complexity index is 530. The number of carbonyl (C=O) groups excluding carboxylic acids is 1. The summed E-state index contributed by atoms with van der Waals surface area (Å²) in [6.45, 7) is 0. The van der Waals surface area contributed by atoms with E-state index in [-0.39, 0.29) is 5.91 Å². The standard InChI is InChI=1S/C13H13BrN2O3/c14-8-5-9(7-15-6-8)16-12(17)10-3-1-2-4-11(10)13(18)19/h1-2,5-7,10-11H,3-4H2,(H,16,17)(H,18,19)/t10-,11+/m1/s1. The van der Waals surface area contributed by atoms with Crippen LogP contribution in [-0.4, -0.2) is 22.0 Å². The number of hydrogen-bond donors (Lipinski definition) is 2. The molecule has 0 fully saturated rings. The smallest absolute Gasteiger partial charge is 0.307 e. The van der Waals surface area contributed by atoms with Gasteiger partial charge in [-0.25, -0.2) is 0 Å². The maximum absolute atomic E-state index is 12.1. The number of anilines is 1. The molecule has 0 saturated heterocycles. The Hall–Kier alpha value is -1.69. The summed E-state index contributed by atoms with van der Waals surface area (Å²) < 4.78 is 0.753. The van der Waals surface area contributed by atoms with Crippen molar-refractivity contribution in [3.05, 3.63) is 35.1 Å². The molecule has 0 unspecified atom stereocenters. The summed E-state index contributed by atoms with van der Waals surface area (Å²) in [7, 11) is 0. The number of hydrogen-bond acceptors (Lipinski definition) is 3. The average molecular weight is 325 g/mol. The Labute approximate surface area is 118 Å². The molecule has 1 heterocycles. The first-order chi connectivity index (χ1) is 9.08. The van der Waals surface area contributed by atoms with Crippen molar-refractivity contribution in [2.75, 3.05) is 5.32 Å². The first-order valence-electron chi connectivity index (χ1n) is 5.87. The second kappa shape index (κ2) is 5.97. The molecule has 6 heteroatoms. The highest BCUT2D eigenvalue weighted by Gasteiger charge is 2.33. The minimum Gasteiger partial charge on any atom is -0.481 e. The van der Waals surface area contributed by atoms with Crippen molar-refractivity contribution in [1.29, 1.82) is 0 Å². The summed E-state index contributed by atoms with van der Waals surface area (Å²) in [5, 5.41) is 11.8. The van der Waals surface area contributed by atoms with E-state index in [0.717, 1.165) is 4.47 Å². The van der Waals surface area contributed by atoms with Gasteiger partial charge in [0.25, 0.3) is 0 Å². The zero-order valence-electron chi connectivity index (χ0n) is 10.0. The molecule has 2 atom stereocenters. The topological polar surface area (TPSA) is 79.3 Å². The van der Waals surface area contributed by atoms with E-state index in [2.05, 4.69) is 26.2 Å². The molecule has 0 aliphatic heterocycles. The third-order valence-corrected chi connectivity index (χ3v) is 3.49. The van der Waals surface area contributed by atoms with Crippen molar-refractivity contribution < 1.29 is 14.7 Å². The van der Waals surface area contributed by atoms with E-state index in [4.69, 9.17) is 5.11 Å². The highest BCUT2D eigenvalue weighted by Crippen LogP contribution is 2.27. The van der Waals surface area contributed by atoms with Crippen LogP contribution in [0.5, 0.6) is 0 Å². The fourth-order valence-electron chi connectivity index (χ4n) is 2.09.